The number of hydrogen-bond acceptors (Lipinski definition) is 4. The lowest BCUT2D eigenvalue weighted by Crippen LogP contribution is -2.30. The van der Waals surface area contributed by atoms with Crippen LogP contribution in [0.15, 0.2) is 48.9 Å². The molecule has 3 heterocycles. The summed E-state index contributed by atoms with van der Waals surface area (Å²) in [5.74, 6) is 0.924. The summed E-state index contributed by atoms with van der Waals surface area (Å²) >= 11 is 0. The monoisotopic (exact) mass is 321 g/mol. The van der Waals surface area contributed by atoms with Crippen molar-refractivity contribution in [3.63, 3.8) is 0 Å². The van der Waals surface area contributed by atoms with Crippen LogP contribution in [0.1, 0.15) is 31.3 Å². The molecular formula is C18H19N5O. The van der Waals surface area contributed by atoms with Gasteiger partial charge in [-0.1, -0.05) is 18.2 Å². The molecule has 1 amide bonds. The summed E-state index contributed by atoms with van der Waals surface area (Å²) in [6.45, 7) is 2.41. The van der Waals surface area contributed by atoms with Gasteiger partial charge >= 0.3 is 0 Å². The van der Waals surface area contributed by atoms with Gasteiger partial charge in [0.1, 0.15) is 5.82 Å². The molecule has 0 spiro atoms. The van der Waals surface area contributed by atoms with Gasteiger partial charge in [-0.25, -0.2) is 4.98 Å². The number of nitrogens with one attached hydrogen (secondary N) is 2. The molecule has 6 nitrogen and oxygen atoms in total. The van der Waals surface area contributed by atoms with E-state index in [0.29, 0.717) is 11.7 Å². The topological polar surface area (TPSA) is 71.8 Å². The first-order chi connectivity index (χ1) is 11.7. The van der Waals surface area contributed by atoms with Gasteiger partial charge in [0.05, 0.1) is 30.0 Å². The minimum absolute atomic E-state index is 0.0789. The zero-order chi connectivity index (χ0) is 16.5. The maximum absolute atomic E-state index is 12.2. The number of anilines is 1. The molecule has 2 aromatic heterocycles. The number of pyridine rings is 1. The molecule has 2 unspecified atom stereocenters. The Morgan fingerprint density at radius 3 is 3.12 bits per heavy atom. The van der Waals surface area contributed by atoms with Crippen molar-refractivity contribution in [3.05, 3.63) is 54.7 Å². The molecule has 1 aliphatic heterocycles. The van der Waals surface area contributed by atoms with E-state index in [1.54, 1.807) is 12.4 Å². The number of carbonyl (C=O) groups excluding carboxylic acids is 1. The van der Waals surface area contributed by atoms with E-state index in [0.717, 1.165) is 23.1 Å². The molecule has 122 valence electrons. The highest BCUT2D eigenvalue weighted by Gasteiger charge is 2.28. The smallest absolute Gasteiger partial charge is 0.238 e. The number of aromatic nitrogens is 3. The summed E-state index contributed by atoms with van der Waals surface area (Å²) in [7, 11) is 0. The Hall–Kier alpha value is -2.73. The van der Waals surface area contributed by atoms with Crippen LogP contribution < -0.4 is 10.6 Å². The summed E-state index contributed by atoms with van der Waals surface area (Å²) in [6, 6.07) is 10.3. The summed E-state index contributed by atoms with van der Waals surface area (Å²) in [6.07, 6.45) is 6.43. The lowest BCUT2D eigenvalue weighted by molar-refractivity contribution is -0.115. The first-order valence-corrected chi connectivity index (χ1v) is 8.11. The highest BCUT2D eigenvalue weighted by Crippen LogP contribution is 2.32. The molecule has 0 saturated heterocycles. The van der Waals surface area contributed by atoms with Gasteiger partial charge in [-0.05, 0) is 25.5 Å². The van der Waals surface area contributed by atoms with Gasteiger partial charge in [0.15, 0.2) is 0 Å². The van der Waals surface area contributed by atoms with Crippen LogP contribution in [-0.4, -0.2) is 27.0 Å². The Labute approximate surface area is 139 Å². The van der Waals surface area contributed by atoms with E-state index in [-0.39, 0.29) is 18.5 Å². The molecule has 0 saturated carbocycles. The molecule has 1 aliphatic rings. The van der Waals surface area contributed by atoms with E-state index >= 15 is 0 Å². The Balaban J connectivity index is 1.38. The van der Waals surface area contributed by atoms with Crippen molar-refractivity contribution in [2.45, 2.75) is 25.4 Å². The number of amides is 1. The van der Waals surface area contributed by atoms with Crippen LogP contribution in [0.4, 0.5) is 5.69 Å². The average Bonchev–Trinajstić information content (AvgIpc) is 3.18. The van der Waals surface area contributed by atoms with E-state index in [4.69, 9.17) is 0 Å². The number of fused-ring (bicyclic) bond motifs is 2. The van der Waals surface area contributed by atoms with Gasteiger partial charge in [0.2, 0.25) is 5.91 Å². The van der Waals surface area contributed by atoms with Crippen LogP contribution in [-0.2, 0) is 4.79 Å². The van der Waals surface area contributed by atoms with Crippen molar-refractivity contribution in [3.8, 4) is 0 Å². The summed E-state index contributed by atoms with van der Waals surface area (Å²) in [5, 5.41) is 7.20. The van der Waals surface area contributed by atoms with Crippen LogP contribution in [0.25, 0.3) is 10.9 Å². The third-order valence-corrected chi connectivity index (χ3v) is 4.45. The first kappa shape index (κ1) is 14.8. The number of nitrogens with zero attached hydrogens (tertiary/aromatic N) is 3. The molecule has 3 aromatic rings. The van der Waals surface area contributed by atoms with Crippen molar-refractivity contribution >= 4 is 22.5 Å². The maximum Gasteiger partial charge on any atom is 0.238 e. The lowest BCUT2D eigenvalue weighted by atomic mass is 10.1. The molecule has 2 atom stereocenters. The number of imidazole rings is 1. The van der Waals surface area contributed by atoms with Crippen LogP contribution in [0, 0.1) is 0 Å². The standard InChI is InChI=1S/C18H19N5O/c1-12-8-16(18-19-6-7-23(12)18)21-11-17(24)22-14-9-13-4-2-3-5-15(13)20-10-14/h2-7,9-10,12,16,21H,8,11H2,1H3,(H,22,24). The maximum atomic E-state index is 12.2. The molecule has 0 aliphatic carbocycles. The van der Waals surface area contributed by atoms with Gasteiger partial charge in [-0.15, -0.1) is 0 Å². The average molecular weight is 321 g/mol. The van der Waals surface area contributed by atoms with Crippen LogP contribution in [0.3, 0.4) is 0 Å². The molecular weight excluding hydrogens is 302 g/mol. The minimum Gasteiger partial charge on any atom is -0.331 e. The van der Waals surface area contributed by atoms with E-state index in [1.165, 1.54) is 0 Å². The lowest BCUT2D eigenvalue weighted by Gasteiger charge is -2.12. The normalized spacial score (nSPS) is 19.4. The van der Waals surface area contributed by atoms with Crippen LogP contribution in [0.5, 0.6) is 0 Å². The van der Waals surface area contributed by atoms with Gasteiger partial charge in [-0.2, -0.15) is 0 Å². The highest BCUT2D eigenvalue weighted by molar-refractivity contribution is 5.94. The second kappa shape index (κ2) is 6.05. The van der Waals surface area contributed by atoms with Crippen molar-refractivity contribution in [2.24, 2.45) is 0 Å². The fourth-order valence-electron chi connectivity index (χ4n) is 3.26. The number of rotatable bonds is 4. The van der Waals surface area contributed by atoms with Crippen molar-refractivity contribution in [1.29, 1.82) is 0 Å². The Morgan fingerprint density at radius 1 is 1.33 bits per heavy atom. The Bertz CT molecular complexity index is 888. The molecule has 0 radical (unpaired) electrons. The van der Waals surface area contributed by atoms with Gasteiger partial charge in [0, 0.05) is 23.8 Å². The molecule has 1 aromatic carbocycles. The number of hydrogen-bond donors (Lipinski definition) is 2. The zero-order valence-electron chi connectivity index (χ0n) is 13.4. The summed E-state index contributed by atoms with van der Waals surface area (Å²) < 4.78 is 2.16. The van der Waals surface area contributed by atoms with E-state index in [1.807, 2.05) is 36.5 Å². The third kappa shape index (κ3) is 2.76. The summed E-state index contributed by atoms with van der Waals surface area (Å²) in [5.41, 5.74) is 1.63. The number of carbonyl (C=O) groups is 1. The Kier molecular flexibility index (Phi) is 3.74. The molecule has 0 bridgehead atoms. The van der Waals surface area contributed by atoms with Gasteiger partial charge in [0.25, 0.3) is 0 Å². The number of para-hydroxylation sites is 1. The predicted molar refractivity (Wildman–Crippen MR) is 92.7 cm³/mol. The van der Waals surface area contributed by atoms with Crippen molar-refractivity contribution < 1.29 is 4.79 Å². The Morgan fingerprint density at radius 2 is 2.21 bits per heavy atom. The molecule has 2 N–H and O–H groups in total. The van der Waals surface area contributed by atoms with Gasteiger partial charge in [-0.3, -0.25) is 15.1 Å². The quantitative estimate of drug-likeness (QED) is 0.775. The van der Waals surface area contributed by atoms with Crippen molar-refractivity contribution in [2.75, 3.05) is 11.9 Å². The predicted octanol–water partition coefficient (Wildman–Crippen LogP) is 2.67. The third-order valence-electron chi connectivity index (χ3n) is 4.45. The van der Waals surface area contributed by atoms with Crippen LogP contribution in [0.2, 0.25) is 0 Å². The second-order valence-electron chi connectivity index (χ2n) is 6.18. The number of benzene rings is 1. The zero-order valence-corrected chi connectivity index (χ0v) is 13.4. The van der Waals surface area contributed by atoms with Crippen LogP contribution >= 0.6 is 0 Å². The highest BCUT2D eigenvalue weighted by atomic mass is 16.1. The van der Waals surface area contributed by atoms with Gasteiger partial charge < -0.3 is 9.88 Å². The summed E-state index contributed by atoms with van der Waals surface area (Å²) in [4.78, 5) is 20.9. The largest absolute Gasteiger partial charge is 0.331 e. The molecule has 4 rings (SSSR count). The van der Waals surface area contributed by atoms with E-state index in [9.17, 15) is 4.79 Å². The fourth-order valence-corrected chi connectivity index (χ4v) is 3.26. The fraction of sp³-hybridized carbons (Fsp3) is 0.278. The minimum atomic E-state index is -0.0789. The molecule has 24 heavy (non-hydrogen) atoms. The second-order valence-corrected chi connectivity index (χ2v) is 6.18. The molecule has 0 fully saturated rings. The first-order valence-electron chi connectivity index (χ1n) is 8.11. The van der Waals surface area contributed by atoms with Crippen molar-refractivity contribution in [1.82, 2.24) is 19.9 Å². The van der Waals surface area contributed by atoms with E-state index < -0.39 is 0 Å². The SMILES string of the molecule is CC1CC(NCC(=O)Nc2cnc3ccccc3c2)c2nccn21. The van der Waals surface area contributed by atoms with E-state index in [2.05, 4.69) is 32.1 Å². The molecule has 6 heteroatoms.